The van der Waals surface area contributed by atoms with Gasteiger partial charge in [0, 0.05) is 24.7 Å². The summed E-state index contributed by atoms with van der Waals surface area (Å²) >= 11 is 0. The van der Waals surface area contributed by atoms with Gasteiger partial charge in [-0.25, -0.2) is 0 Å². The fraction of sp³-hybridized carbons (Fsp3) is 1.00. The van der Waals surface area contributed by atoms with Crippen molar-refractivity contribution in [3.63, 3.8) is 0 Å². The van der Waals surface area contributed by atoms with Gasteiger partial charge >= 0.3 is 0 Å². The maximum absolute atomic E-state index is 6.45. The summed E-state index contributed by atoms with van der Waals surface area (Å²) in [5, 5.41) is 0. The van der Waals surface area contributed by atoms with Gasteiger partial charge in [0.25, 0.3) is 0 Å². The lowest BCUT2D eigenvalue weighted by Crippen LogP contribution is -2.49. The van der Waals surface area contributed by atoms with Crippen molar-refractivity contribution < 1.29 is 0 Å². The van der Waals surface area contributed by atoms with Crippen LogP contribution in [0.25, 0.3) is 0 Å². The Morgan fingerprint density at radius 1 is 1.29 bits per heavy atom. The molecule has 2 N–H and O–H groups in total. The zero-order valence-electron chi connectivity index (χ0n) is 11.6. The second kappa shape index (κ2) is 5.68. The van der Waals surface area contributed by atoms with E-state index in [1.807, 2.05) is 0 Å². The van der Waals surface area contributed by atoms with E-state index in [9.17, 15) is 0 Å². The Bertz CT molecular complexity index is 236. The third kappa shape index (κ3) is 3.43. The lowest BCUT2D eigenvalue weighted by molar-refractivity contribution is 0.173. The lowest BCUT2D eigenvalue weighted by Gasteiger charge is -2.33. The maximum atomic E-state index is 6.45. The van der Waals surface area contributed by atoms with Gasteiger partial charge < -0.3 is 10.6 Å². The summed E-state index contributed by atoms with van der Waals surface area (Å²) in [6.45, 7) is 7.06. The smallest absolute Gasteiger partial charge is 0.0283 e. The van der Waals surface area contributed by atoms with Crippen molar-refractivity contribution >= 4 is 0 Å². The van der Waals surface area contributed by atoms with Gasteiger partial charge in [-0.3, -0.25) is 4.90 Å². The van der Waals surface area contributed by atoms with Gasteiger partial charge in [-0.15, -0.1) is 0 Å². The first-order valence-electron chi connectivity index (χ1n) is 7.34. The monoisotopic (exact) mass is 239 g/mol. The Morgan fingerprint density at radius 2 is 2.00 bits per heavy atom. The van der Waals surface area contributed by atoms with Gasteiger partial charge in [0.2, 0.25) is 0 Å². The van der Waals surface area contributed by atoms with E-state index in [2.05, 4.69) is 23.8 Å². The molecule has 2 rings (SSSR count). The number of nitrogens with zero attached hydrogens (tertiary/aromatic N) is 2. The van der Waals surface area contributed by atoms with E-state index in [4.69, 9.17) is 5.73 Å². The van der Waals surface area contributed by atoms with E-state index < -0.39 is 0 Å². The average Bonchev–Trinajstić information content (AvgIpc) is 2.87. The summed E-state index contributed by atoms with van der Waals surface area (Å²) in [5.41, 5.74) is 6.56. The zero-order valence-corrected chi connectivity index (χ0v) is 11.6. The van der Waals surface area contributed by atoms with Gasteiger partial charge in [-0.2, -0.15) is 0 Å². The minimum Gasteiger partial charge on any atom is -0.324 e. The van der Waals surface area contributed by atoms with E-state index in [-0.39, 0.29) is 5.54 Å². The highest BCUT2D eigenvalue weighted by Crippen LogP contribution is 2.28. The first-order valence-corrected chi connectivity index (χ1v) is 7.34. The topological polar surface area (TPSA) is 32.5 Å². The molecule has 0 aromatic heterocycles. The number of nitrogens with two attached hydrogens (primary N) is 1. The molecule has 0 radical (unpaired) electrons. The first-order chi connectivity index (χ1) is 8.13. The molecular weight excluding hydrogens is 210 g/mol. The molecule has 100 valence electrons. The Balaban J connectivity index is 1.78. The van der Waals surface area contributed by atoms with Crippen molar-refractivity contribution in [3.8, 4) is 0 Å². The number of rotatable bonds is 5. The van der Waals surface area contributed by atoms with E-state index in [0.29, 0.717) is 0 Å². The van der Waals surface area contributed by atoms with E-state index >= 15 is 0 Å². The zero-order chi connectivity index (χ0) is 12.3. The predicted molar refractivity (Wildman–Crippen MR) is 73.2 cm³/mol. The summed E-state index contributed by atoms with van der Waals surface area (Å²) in [7, 11) is 2.25. The van der Waals surface area contributed by atoms with E-state index in [1.54, 1.807) is 0 Å². The summed E-state index contributed by atoms with van der Waals surface area (Å²) in [6.07, 6.45) is 7.85. The Morgan fingerprint density at radius 3 is 2.65 bits per heavy atom. The molecule has 1 heterocycles. The highest BCUT2D eigenvalue weighted by Gasteiger charge is 2.32. The van der Waals surface area contributed by atoms with Crippen molar-refractivity contribution in [1.82, 2.24) is 9.80 Å². The van der Waals surface area contributed by atoms with E-state index in [1.165, 1.54) is 58.2 Å². The van der Waals surface area contributed by atoms with Crippen LogP contribution < -0.4 is 5.73 Å². The molecule has 0 aromatic carbocycles. The highest BCUT2D eigenvalue weighted by molar-refractivity contribution is 4.92. The molecule has 0 bridgehead atoms. The van der Waals surface area contributed by atoms with Crippen molar-refractivity contribution in [3.05, 3.63) is 0 Å². The maximum Gasteiger partial charge on any atom is 0.0283 e. The third-order valence-corrected chi connectivity index (χ3v) is 4.61. The average molecular weight is 239 g/mol. The second-order valence-electron chi connectivity index (χ2n) is 6.19. The highest BCUT2D eigenvalue weighted by atomic mass is 15.2. The van der Waals surface area contributed by atoms with Crippen molar-refractivity contribution in [2.75, 3.05) is 33.2 Å². The Kier molecular flexibility index (Phi) is 4.45. The van der Waals surface area contributed by atoms with Gasteiger partial charge in [-0.05, 0) is 45.8 Å². The molecule has 0 spiro atoms. The number of likely N-dealkylation sites (tertiary alicyclic amines) is 1. The van der Waals surface area contributed by atoms with Gasteiger partial charge in [0.15, 0.2) is 0 Å². The first kappa shape index (κ1) is 13.3. The van der Waals surface area contributed by atoms with Crippen LogP contribution in [0.2, 0.25) is 0 Å². The minimum atomic E-state index is 0.115. The molecule has 1 unspecified atom stereocenters. The summed E-state index contributed by atoms with van der Waals surface area (Å²) in [4.78, 5) is 5.10. The summed E-state index contributed by atoms with van der Waals surface area (Å²) in [6, 6.07) is 0.773. The summed E-state index contributed by atoms with van der Waals surface area (Å²) < 4.78 is 0. The lowest BCUT2D eigenvalue weighted by atomic mass is 9.98. The Hall–Kier alpha value is -0.120. The van der Waals surface area contributed by atoms with Crippen LogP contribution >= 0.6 is 0 Å². The molecule has 0 amide bonds. The molecule has 1 saturated heterocycles. The van der Waals surface area contributed by atoms with Gasteiger partial charge in [0.1, 0.15) is 0 Å². The SMILES string of the molecule is CCN1CCCC1CN(C)CC1(N)CCCC1. The van der Waals surface area contributed by atoms with Crippen molar-refractivity contribution in [2.24, 2.45) is 5.73 Å². The molecule has 1 aliphatic carbocycles. The van der Waals surface area contributed by atoms with Crippen LogP contribution in [0, 0.1) is 0 Å². The van der Waals surface area contributed by atoms with Gasteiger partial charge in [-0.1, -0.05) is 19.8 Å². The van der Waals surface area contributed by atoms with E-state index in [0.717, 1.165) is 12.6 Å². The predicted octanol–water partition coefficient (Wildman–Crippen LogP) is 1.67. The van der Waals surface area contributed by atoms with Crippen LogP contribution in [-0.2, 0) is 0 Å². The quantitative estimate of drug-likeness (QED) is 0.792. The van der Waals surface area contributed by atoms with Crippen molar-refractivity contribution in [1.29, 1.82) is 0 Å². The Labute approximate surface area is 106 Å². The number of likely N-dealkylation sites (N-methyl/N-ethyl adjacent to an activating group) is 2. The standard InChI is InChI=1S/C14H29N3/c1-3-17-10-6-7-13(17)11-16(2)12-14(15)8-4-5-9-14/h13H,3-12,15H2,1-2H3. The third-order valence-electron chi connectivity index (χ3n) is 4.61. The number of hydrogen-bond acceptors (Lipinski definition) is 3. The normalized spacial score (nSPS) is 29.3. The molecule has 3 nitrogen and oxygen atoms in total. The molecule has 17 heavy (non-hydrogen) atoms. The minimum absolute atomic E-state index is 0.115. The fourth-order valence-electron chi connectivity index (χ4n) is 3.72. The molecule has 2 aliphatic rings. The number of hydrogen-bond donors (Lipinski definition) is 1. The molecule has 1 aliphatic heterocycles. The summed E-state index contributed by atoms with van der Waals surface area (Å²) in [5.74, 6) is 0. The second-order valence-corrected chi connectivity index (χ2v) is 6.19. The molecule has 1 saturated carbocycles. The van der Waals surface area contributed by atoms with Gasteiger partial charge in [0.05, 0.1) is 0 Å². The molecule has 1 atom stereocenters. The van der Waals surface area contributed by atoms with Crippen LogP contribution in [0.15, 0.2) is 0 Å². The molecular formula is C14H29N3. The van der Waals surface area contributed by atoms with Crippen LogP contribution in [0.5, 0.6) is 0 Å². The molecule has 3 heteroatoms. The van der Waals surface area contributed by atoms with Crippen LogP contribution in [0.3, 0.4) is 0 Å². The van der Waals surface area contributed by atoms with Crippen LogP contribution in [0.1, 0.15) is 45.4 Å². The van der Waals surface area contributed by atoms with Crippen LogP contribution in [0.4, 0.5) is 0 Å². The largest absolute Gasteiger partial charge is 0.324 e. The molecule has 0 aromatic rings. The fourth-order valence-corrected chi connectivity index (χ4v) is 3.72. The van der Waals surface area contributed by atoms with Crippen molar-refractivity contribution in [2.45, 2.75) is 57.0 Å². The molecule has 2 fully saturated rings. The van der Waals surface area contributed by atoms with Crippen LogP contribution in [-0.4, -0.2) is 54.6 Å².